The van der Waals surface area contributed by atoms with Gasteiger partial charge in [-0.05, 0) is 97.8 Å². The highest BCUT2D eigenvalue weighted by atomic mass is 31.2. The summed E-state index contributed by atoms with van der Waals surface area (Å²) in [7, 11) is -4.56. The zero-order valence-corrected chi connectivity index (χ0v) is 39.6. The van der Waals surface area contributed by atoms with Crippen LogP contribution < -0.4 is 41.3 Å². The van der Waals surface area contributed by atoms with Crippen molar-refractivity contribution in [3.05, 3.63) is 217 Å². The van der Waals surface area contributed by atoms with Crippen molar-refractivity contribution in [1.82, 2.24) is 0 Å². The maximum atomic E-state index is 7.06. The SMILES string of the molecule is CCCCCCOc1ccc(C[P+](c2ccccc2)(c2ccccc2)c2ccccc2)c2c(OCCCCCC)ccc(C[P+](c3ccccc3)(c3ccccc3)c3ccccc3)c12. The van der Waals surface area contributed by atoms with Gasteiger partial charge in [0.05, 0.1) is 25.5 Å². The molecule has 0 radical (unpaired) electrons. The van der Waals surface area contributed by atoms with Crippen molar-refractivity contribution in [1.29, 1.82) is 0 Å². The predicted molar refractivity (Wildman–Crippen MR) is 281 cm³/mol. The molecule has 64 heavy (non-hydrogen) atoms. The summed E-state index contributed by atoms with van der Waals surface area (Å²) in [5.41, 5.74) is 2.60. The molecule has 0 aromatic heterocycles. The lowest BCUT2D eigenvalue weighted by molar-refractivity contribution is 0.305. The Morgan fingerprint density at radius 3 is 0.812 bits per heavy atom. The molecule has 0 atom stereocenters. The van der Waals surface area contributed by atoms with Crippen LogP contribution >= 0.6 is 14.5 Å². The lowest BCUT2D eigenvalue weighted by atomic mass is 9.99. The van der Waals surface area contributed by atoms with Crippen molar-refractivity contribution in [2.24, 2.45) is 0 Å². The molecule has 4 heteroatoms. The predicted octanol–water partition coefficient (Wildman–Crippen LogP) is 13.7. The van der Waals surface area contributed by atoms with E-state index >= 15 is 0 Å². The highest BCUT2D eigenvalue weighted by Crippen LogP contribution is 2.62. The van der Waals surface area contributed by atoms with Gasteiger partial charge in [-0.3, -0.25) is 0 Å². The van der Waals surface area contributed by atoms with Gasteiger partial charge < -0.3 is 9.47 Å². The van der Waals surface area contributed by atoms with Gasteiger partial charge in [0.15, 0.2) is 0 Å². The molecule has 0 saturated carbocycles. The second-order valence-electron chi connectivity index (χ2n) is 17.0. The van der Waals surface area contributed by atoms with E-state index in [9.17, 15) is 0 Å². The monoisotopic (exact) mass is 878 g/mol. The molecule has 0 saturated heterocycles. The maximum absolute atomic E-state index is 7.06. The van der Waals surface area contributed by atoms with Crippen molar-refractivity contribution in [2.75, 3.05) is 13.2 Å². The van der Waals surface area contributed by atoms with Crippen LogP contribution in [0.15, 0.2) is 206 Å². The van der Waals surface area contributed by atoms with E-state index in [0.717, 1.165) is 49.5 Å². The summed E-state index contributed by atoms with van der Waals surface area (Å²) in [5.74, 6) is 1.91. The van der Waals surface area contributed by atoms with E-state index in [0.29, 0.717) is 13.2 Å². The van der Waals surface area contributed by atoms with Gasteiger partial charge in [-0.15, -0.1) is 0 Å². The van der Waals surface area contributed by atoms with Crippen molar-refractivity contribution in [3.63, 3.8) is 0 Å². The molecule has 0 fully saturated rings. The third kappa shape index (κ3) is 9.91. The summed E-state index contributed by atoms with van der Waals surface area (Å²) >= 11 is 0. The molecule has 0 N–H and O–H groups in total. The average Bonchev–Trinajstić information content (AvgIpc) is 3.37. The second-order valence-corrected chi connectivity index (χ2v) is 23.9. The summed E-state index contributed by atoms with van der Waals surface area (Å²) in [6.45, 7) is 5.91. The summed E-state index contributed by atoms with van der Waals surface area (Å²) in [5, 5.41) is 10.6. The normalized spacial score (nSPS) is 11.7. The Hall–Kier alpha value is -5.52. The second kappa shape index (κ2) is 22.4. The van der Waals surface area contributed by atoms with Crippen LogP contribution in [0.1, 0.15) is 76.3 Å². The fourth-order valence-corrected chi connectivity index (χ4v) is 18.1. The quantitative estimate of drug-likeness (QED) is 0.0499. The fourth-order valence-electron chi connectivity index (χ4n) is 9.54. The molecular formula is C60H64O2P2+2. The highest BCUT2D eigenvalue weighted by Gasteiger charge is 2.48. The first kappa shape index (κ1) is 45.1. The van der Waals surface area contributed by atoms with Gasteiger partial charge >= 0.3 is 0 Å². The van der Waals surface area contributed by atoms with Crippen LogP contribution in [0.25, 0.3) is 10.8 Å². The van der Waals surface area contributed by atoms with Gasteiger partial charge in [0.2, 0.25) is 0 Å². The van der Waals surface area contributed by atoms with Gasteiger partial charge in [-0.1, -0.05) is 174 Å². The molecule has 0 heterocycles. The van der Waals surface area contributed by atoms with E-state index in [2.05, 4.69) is 220 Å². The molecule has 0 amide bonds. The van der Waals surface area contributed by atoms with E-state index < -0.39 is 14.5 Å². The highest BCUT2D eigenvalue weighted by molar-refractivity contribution is 7.95. The summed E-state index contributed by atoms with van der Waals surface area (Å²) in [6.07, 6.45) is 10.9. The van der Waals surface area contributed by atoms with Gasteiger partial charge in [0.1, 0.15) is 57.9 Å². The van der Waals surface area contributed by atoms with Crippen LogP contribution in [0.5, 0.6) is 11.5 Å². The Labute approximate surface area is 384 Å². The van der Waals surface area contributed by atoms with Gasteiger partial charge in [0, 0.05) is 21.9 Å². The molecule has 8 aromatic rings. The van der Waals surface area contributed by atoms with Gasteiger partial charge in [-0.25, -0.2) is 0 Å². The molecule has 0 aliphatic rings. The number of hydrogen-bond donors (Lipinski definition) is 0. The fraction of sp³-hybridized carbons (Fsp3) is 0.233. The minimum Gasteiger partial charge on any atom is -0.493 e. The molecule has 0 unspecified atom stereocenters. The number of benzene rings is 8. The molecule has 8 aromatic carbocycles. The number of unbranched alkanes of at least 4 members (excludes halogenated alkanes) is 6. The van der Waals surface area contributed by atoms with E-state index in [-0.39, 0.29) is 0 Å². The van der Waals surface area contributed by atoms with Crippen LogP contribution in [0, 0.1) is 0 Å². The average molecular weight is 879 g/mol. The van der Waals surface area contributed by atoms with Crippen molar-refractivity contribution in [2.45, 2.75) is 77.5 Å². The van der Waals surface area contributed by atoms with Crippen LogP contribution in [-0.4, -0.2) is 13.2 Å². The molecule has 8 rings (SSSR count). The standard InChI is InChI=1S/C60H64O2P2/c1-3-5-7-27-45-61-57-43-41-50(48-64(54-35-21-12-22-36-54,55-37-23-13-24-38-55)56-39-25-14-26-40-56)60-58(62-46-28-8-6-4-2)44-42-49(59(57)60)47-63(51-29-15-9-16-30-51,52-31-17-10-18-32-52)53-33-19-11-20-34-53/h9-26,29-44H,3-8,27-28,45-48H2,1-2H3/q+2. The molecule has 324 valence electrons. The lowest BCUT2D eigenvalue weighted by Gasteiger charge is -2.30. The third-order valence-corrected chi connectivity index (χ3v) is 21.5. The minimum atomic E-state index is -2.28. The first-order valence-electron chi connectivity index (χ1n) is 23.6. The van der Waals surface area contributed by atoms with Crippen molar-refractivity contribution >= 4 is 57.1 Å². The largest absolute Gasteiger partial charge is 0.493 e. The molecule has 0 spiro atoms. The van der Waals surface area contributed by atoms with E-state index in [1.54, 1.807) is 0 Å². The zero-order valence-electron chi connectivity index (χ0n) is 37.8. The molecular weight excluding hydrogens is 815 g/mol. The first-order chi connectivity index (χ1) is 31.7. The van der Waals surface area contributed by atoms with Crippen LogP contribution in [0.4, 0.5) is 0 Å². The van der Waals surface area contributed by atoms with E-state index in [1.807, 2.05) is 0 Å². The third-order valence-electron chi connectivity index (χ3n) is 12.8. The maximum Gasteiger partial charge on any atom is 0.127 e. The zero-order chi connectivity index (χ0) is 43.9. The molecule has 0 aliphatic heterocycles. The Morgan fingerprint density at radius 1 is 0.297 bits per heavy atom. The van der Waals surface area contributed by atoms with Gasteiger partial charge in [0.25, 0.3) is 0 Å². The Balaban J connectivity index is 1.41. The van der Waals surface area contributed by atoms with Crippen LogP contribution in [0.2, 0.25) is 0 Å². The topological polar surface area (TPSA) is 18.5 Å². The summed E-state index contributed by atoms with van der Waals surface area (Å²) in [6, 6.07) is 77.1. The number of fused-ring (bicyclic) bond motifs is 1. The van der Waals surface area contributed by atoms with E-state index in [1.165, 1.54) is 79.4 Å². The number of rotatable bonds is 22. The molecule has 0 aliphatic carbocycles. The van der Waals surface area contributed by atoms with Gasteiger partial charge in [-0.2, -0.15) is 0 Å². The Kier molecular flexibility index (Phi) is 15.8. The molecule has 0 bridgehead atoms. The minimum absolute atomic E-state index is 0.682. The van der Waals surface area contributed by atoms with Crippen LogP contribution in [0.3, 0.4) is 0 Å². The van der Waals surface area contributed by atoms with Crippen LogP contribution in [-0.2, 0) is 12.3 Å². The lowest BCUT2D eigenvalue weighted by Crippen LogP contribution is -2.32. The molecule has 2 nitrogen and oxygen atoms in total. The van der Waals surface area contributed by atoms with E-state index in [4.69, 9.17) is 9.47 Å². The summed E-state index contributed by atoms with van der Waals surface area (Å²) < 4.78 is 14.1. The Morgan fingerprint density at radius 2 is 0.562 bits per heavy atom. The number of hydrogen-bond acceptors (Lipinski definition) is 2. The number of ether oxygens (including phenoxy) is 2. The Bertz CT molecular complexity index is 2240. The summed E-state index contributed by atoms with van der Waals surface area (Å²) in [4.78, 5) is 0. The first-order valence-corrected chi connectivity index (χ1v) is 27.6. The van der Waals surface area contributed by atoms with Crippen molar-refractivity contribution < 1.29 is 9.47 Å². The smallest absolute Gasteiger partial charge is 0.127 e. The van der Waals surface area contributed by atoms with Crippen molar-refractivity contribution in [3.8, 4) is 11.5 Å².